The van der Waals surface area contributed by atoms with Crippen LogP contribution in [0.1, 0.15) is 29.2 Å². The monoisotopic (exact) mass is 808 g/mol. The van der Waals surface area contributed by atoms with Crippen molar-refractivity contribution in [2.45, 2.75) is 12.3 Å². The number of para-hydroxylation sites is 4. The van der Waals surface area contributed by atoms with Gasteiger partial charge in [-0.25, -0.2) is 9.97 Å². The van der Waals surface area contributed by atoms with Crippen LogP contribution >= 0.6 is 11.3 Å². The summed E-state index contributed by atoms with van der Waals surface area (Å²) in [7, 11) is 0. The topological polar surface area (TPSA) is 48.8 Å². The van der Waals surface area contributed by atoms with Crippen molar-refractivity contribution in [3.05, 3.63) is 187 Å². The number of aromatic nitrogens is 4. The zero-order valence-electron chi connectivity index (χ0n) is 33.1. The summed E-state index contributed by atoms with van der Waals surface area (Å²) < 4.78 is 14.2. The molecule has 5 aromatic heterocycles. The van der Waals surface area contributed by atoms with Crippen molar-refractivity contribution in [3.8, 4) is 33.9 Å². The fourth-order valence-electron chi connectivity index (χ4n) is 11.1. The van der Waals surface area contributed by atoms with Gasteiger partial charge < -0.3 is 8.98 Å². The maximum atomic E-state index is 6.76. The number of allylic oxidation sites excluding steroid dienone is 1. The van der Waals surface area contributed by atoms with Crippen molar-refractivity contribution in [2.75, 3.05) is 0 Å². The van der Waals surface area contributed by atoms with Gasteiger partial charge in [0.2, 0.25) is 0 Å². The lowest BCUT2D eigenvalue weighted by Crippen LogP contribution is -2.09. The minimum atomic E-state index is 0.158. The van der Waals surface area contributed by atoms with Crippen LogP contribution in [0, 0.1) is 0 Å². The number of fused-ring (bicyclic) bond motifs is 10. The van der Waals surface area contributed by atoms with Crippen molar-refractivity contribution in [1.29, 1.82) is 0 Å². The van der Waals surface area contributed by atoms with E-state index >= 15 is 0 Å². The average Bonchev–Trinajstić information content (AvgIpc) is 4.08. The van der Waals surface area contributed by atoms with Crippen molar-refractivity contribution in [1.82, 2.24) is 19.1 Å². The van der Waals surface area contributed by atoms with E-state index in [-0.39, 0.29) is 5.92 Å². The van der Waals surface area contributed by atoms with Crippen LogP contribution in [0.5, 0.6) is 0 Å². The molecule has 62 heavy (non-hydrogen) atoms. The van der Waals surface area contributed by atoms with Gasteiger partial charge in [0.15, 0.2) is 11.4 Å². The second-order valence-electron chi connectivity index (χ2n) is 16.7. The Morgan fingerprint density at radius 3 is 2.21 bits per heavy atom. The minimum absolute atomic E-state index is 0.158. The van der Waals surface area contributed by atoms with Crippen LogP contribution in [-0.2, 0) is 0 Å². The van der Waals surface area contributed by atoms with E-state index in [1.54, 1.807) is 0 Å². The van der Waals surface area contributed by atoms with Crippen LogP contribution in [0.3, 0.4) is 0 Å². The standard InChI is InChI=1S/C56H32N4OS/c1-2-13-33-32(12-1)36-16-9-21-42-50(36)52-44(59(42)46-23-11-18-38-34-14-3-7-24-47(34)61-55(38)46)27-28-45-53(52)51-37(33)17-10-22-43(51)60(45)56-54(57-40-19-5-6-20-41(40)58-56)31-26-29-49-39(30-31)35-15-4-8-25-48(35)62-49/h1-15,17-30,36H,16H2. The average molecular weight is 809 g/mol. The Kier molecular flexibility index (Phi) is 6.35. The summed E-state index contributed by atoms with van der Waals surface area (Å²) in [6.45, 7) is 0. The summed E-state index contributed by atoms with van der Waals surface area (Å²) >= 11 is 1.84. The molecule has 5 nitrogen and oxygen atoms in total. The van der Waals surface area contributed by atoms with Crippen molar-refractivity contribution >= 4 is 103 Å². The van der Waals surface area contributed by atoms with Gasteiger partial charge in [-0.3, -0.25) is 4.57 Å². The Morgan fingerprint density at radius 2 is 1.27 bits per heavy atom. The second-order valence-corrected chi connectivity index (χ2v) is 17.8. The molecule has 0 bridgehead atoms. The van der Waals surface area contributed by atoms with Gasteiger partial charge in [0.25, 0.3) is 0 Å². The first kappa shape index (κ1) is 33.0. The summed E-state index contributed by atoms with van der Waals surface area (Å²) in [6.07, 6.45) is 5.63. The van der Waals surface area contributed by atoms with E-state index in [2.05, 4.69) is 185 Å². The molecule has 0 amide bonds. The molecule has 5 heterocycles. The molecule has 15 rings (SSSR count). The quantitative estimate of drug-likeness (QED) is 0.179. The smallest absolute Gasteiger partial charge is 0.165 e. The van der Waals surface area contributed by atoms with Gasteiger partial charge in [0, 0.05) is 58.6 Å². The van der Waals surface area contributed by atoms with Gasteiger partial charge in [-0.05, 0) is 95.4 Å². The molecule has 13 aromatic rings. The highest BCUT2D eigenvalue weighted by Crippen LogP contribution is 2.54. The Bertz CT molecular complexity index is 4160. The van der Waals surface area contributed by atoms with Crippen LogP contribution in [-0.4, -0.2) is 19.1 Å². The van der Waals surface area contributed by atoms with Crippen molar-refractivity contribution in [3.63, 3.8) is 0 Å². The molecule has 288 valence electrons. The van der Waals surface area contributed by atoms with Crippen LogP contribution < -0.4 is 0 Å². The highest BCUT2D eigenvalue weighted by Gasteiger charge is 2.34. The largest absolute Gasteiger partial charge is 0.454 e. The zero-order valence-corrected chi connectivity index (χ0v) is 33.9. The molecule has 2 aliphatic rings. The van der Waals surface area contributed by atoms with E-state index in [9.17, 15) is 0 Å². The Morgan fingerprint density at radius 1 is 0.548 bits per heavy atom. The van der Waals surface area contributed by atoms with E-state index in [4.69, 9.17) is 14.4 Å². The van der Waals surface area contributed by atoms with Crippen molar-refractivity contribution < 1.29 is 4.42 Å². The first-order valence-corrected chi connectivity index (χ1v) is 22.1. The van der Waals surface area contributed by atoms with Gasteiger partial charge in [-0.2, -0.15) is 0 Å². The number of hydrogen-bond acceptors (Lipinski definition) is 4. The Balaban J connectivity index is 1.11. The third kappa shape index (κ3) is 4.21. The molecular weight excluding hydrogens is 777 g/mol. The summed E-state index contributed by atoms with van der Waals surface area (Å²) in [5, 5.41) is 8.52. The van der Waals surface area contributed by atoms with E-state index in [0.717, 1.165) is 73.2 Å². The van der Waals surface area contributed by atoms with Gasteiger partial charge in [-0.15, -0.1) is 11.3 Å². The van der Waals surface area contributed by atoms with Crippen LogP contribution in [0.2, 0.25) is 0 Å². The lowest BCUT2D eigenvalue weighted by molar-refractivity contribution is 0.665. The number of nitrogens with zero attached hydrogens (tertiary/aromatic N) is 4. The van der Waals surface area contributed by atoms with E-state index in [1.165, 1.54) is 69.8 Å². The second kappa shape index (κ2) is 11.9. The van der Waals surface area contributed by atoms with E-state index < -0.39 is 0 Å². The molecule has 0 fully saturated rings. The predicted molar refractivity (Wildman–Crippen MR) is 257 cm³/mol. The maximum absolute atomic E-state index is 6.76. The van der Waals surface area contributed by atoms with Crippen molar-refractivity contribution in [2.24, 2.45) is 0 Å². The SMILES string of the molecule is C1=Cc2c3c4c5c6c(cccc6n(-c6nc7ccccc7nc6-c6ccc7sc8ccccc8c7c6)c5ccc4n2-c2cccc4c2oc2ccccc24)-c2ccccc2C3C1. The number of thiophene rings is 1. The summed E-state index contributed by atoms with van der Waals surface area (Å²) in [4.78, 5) is 11.1. The summed E-state index contributed by atoms with van der Waals surface area (Å²) in [6, 6.07) is 59.3. The normalized spacial score (nSPS) is 14.5. The van der Waals surface area contributed by atoms with Crippen LogP contribution in [0.15, 0.2) is 174 Å². The molecule has 0 radical (unpaired) electrons. The first-order chi connectivity index (χ1) is 30.8. The highest BCUT2D eigenvalue weighted by atomic mass is 32.1. The number of furan rings is 1. The molecule has 8 aromatic carbocycles. The predicted octanol–water partition coefficient (Wildman–Crippen LogP) is 15.1. The highest BCUT2D eigenvalue weighted by molar-refractivity contribution is 7.25. The minimum Gasteiger partial charge on any atom is -0.454 e. The maximum Gasteiger partial charge on any atom is 0.165 e. The first-order valence-electron chi connectivity index (χ1n) is 21.3. The zero-order chi connectivity index (χ0) is 40.2. The lowest BCUT2D eigenvalue weighted by Gasteiger charge is -2.25. The number of benzene rings is 8. The number of hydrogen-bond donors (Lipinski definition) is 0. The Labute approximate surface area is 358 Å². The van der Waals surface area contributed by atoms with E-state index in [0.29, 0.717) is 0 Å². The summed E-state index contributed by atoms with van der Waals surface area (Å²) in [5.41, 5.74) is 16.3. The van der Waals surface area contributed by atoms with Crippen LogP contribution in [0.25, 0.3) is 126 Å². The molecule has 1 unspecified atom stereocenters. The van der Waals surface area contributed by atoms with Gasteiger partial charge in [0.05, 0.1) is 39.0 Å². The fourth-order valence-corrected chi connectivity index (χ4v) is 12.2. The lowest BCUT2D eigenvalue weighted by atomic mass is 9.77. The van der Waals surface area contributed by atoms with Gasteiger partial charge in [-0.1, -0.05) is 109 Å². The summed E-state index contributed by atoms with van der Waals surface area (Å²) in [5.74, 6) is 0.980. The molecule has 6 heteroatoms. The number of rotatable bonds is 3. The van der Waals surface area contributed by atoms with Crippen LogP contribution in [0.4, 0.5) is 0 Å². The van der Waals surface area contributed by atoms with Gasteiger partial charge >= 0.3 is 0 Å². The molecular formula is C56H32N4OS. The molecule has 0 saturated carbocycles. The molecule has 0 N–H and O–H groups in total. The Hall–Kier alpha value is -7.80. The fraction of sp³-hybridized carbons (Fsp3) is 0.0357. The third-order valence-electron chi connectivity index (χ3n) is 13.6. The molecule has 1 atom stereocenters. The molecule has 0 spiro atoms. The third-order valence-corrected chi connectivity index (χ3v) is 14.8. The molecule has 0 aliphatic heterocycles. The van der Waals surface area contributed by atoms with Gasteiger partial charge in [0.1, 0.15) is 11.3 Å². The molecule has 0 saturated heterocycles. The molecule has 2 aliphatic carbocycles. The van der Waals surface area contributed by atoms with E-state index in [1.807, 2.05) is 11.3 Å².